The smallest absolute Gasteiger partial charge is 0.165 e. The lowest BCUT2D eigenvalue weighted by Gasteiger charge is -2.28. The summed E-state index contributed by atoms with van der Waals surface area (Å²) in [6, 6.07) is 5.82. The van der Waals surface area contributed by atoms with Crippen molar-refractivity contribution < 1.29 is 9.13 Å². The Labute approximate surface area is 126 Å². The van der Waals surface area contributed by atoms with Gasteiger partial charge in [0, 0.05) is 19.1 Å². The first-order chi connectivity index (χ1) is 9.24. The Hall–Kier alpha value is -0.840. The summed E-state index contributed by atoms with van der Waals surface area (Å²) in [5, 5.41) is 3.39. The van der Waals surface area contributed by atoms with Crippen LogP contribution < -0.4 is 10.1 Å². The van der Waals surface area contributed by atoms with Gasteiger partial charge in [-0.1, -0.05) is 13.0 Å². The molecule has 1 heterocycles. The Bertz CT molecular complexity index is 411. The molecule has 0 amide bonds. The zero-order valence-electron chi connectivity index (χ0n) is 12.2. The summed E-state index contributed by atoms with van der Waals surface area (Å²) in [4.78, 5) is 2.45. The predicted molar refractivity (Wildman–Crippen MR) is 82.2 cm³/mol. The van der Waals surface area contributed by atoms with E-state index in [4.69, 9.17) is 4.74 Å². The highest BCUT2D eigenvalue weighted by atomic mass is 35.5. The number of benzene rings is 1. The van der Waals surface area contributed by atoms with Gasteiger partial charge in [0.25, 0.3) is 0 Å². The van der Waals surface area contributed by atoms with Crippen molar-refractivity contribution in [3.63, 3.8) is 0 Å². The van der Waals surface area contributed by atoms with E-state index in [0.717, 1.165) is 38.2 Å². The van der Waals surface area contributed by atoms with Crippen molar-refractivity contribution in [2.45, 2.75) is 32.4 Å². The summed E-state index contributed by atoms with van der Waals surface area (Å²) in [6.45, 7) is 6.17. The third-order valence-corrected chi connectivity index (χ3v) is 3.66. The molecule has 3 nitrogen and oxygen atoms in total. The van der Waals surface area contributed by atoms with Crippen LogP contribution in [0.1, 0.15) is 25.3 Å². The van der Waals surface area contributed by atoms with E-state index in [9.17, 15) is 4.39 Å². The Morgan fingerprint density at radius 2 is 2.25 bits per heavy atom. The van der Waals surface area contributed by atoms with Gasteiger partial charge in [0.15, 0.2) is 11.6 Å². The van der Waals surface area contributed by atoms with E-state index in [1.54, 1.807) is 12.1 Å². The summed E-state index contributed by atoms with van der Waals surface area (Å²) >= 11 is 0. The van der Waals surface area contributed by atoms with Crippen molar-refractivity contribution in [3.8, 4) is 5.75 Å². The van der Waals surface area contributed by atoms with Crippen LogP contribution in [0.15, 0.2) is 18.2 Å². The quantitative estimate of drug-likeness (QED) is 0.874. The first-order valence-electron chi connectivity index (χ1n) is 7.01. The summed E-state index contributed by atoms with van der Waals surface area (Å²) < 4.78 is 18.7. The van der Waals surface area contributed by atoms with Crippen LogP contribution in [-0.2, 0) is 6.54 Å². The Balaban J connectivity index is 0.00000200. The molecule has 0 radical (unpaired) electrons. The topological polar surface area (TPSA) is 24.5 Å². The summed E-state index contributed by atoms with van der Waals surface area (Å²) in [5.74, 6) is 0.0364. The minimum absolute atomic E-state index is 0. The molecule has 1 atom stereocenters. The van der Waals surface area contributed by atoms with E-state index >= 15 is 0 Å². The lowest BCUT2D eigenvalue weighted by atomic mass is 10.1. The molecule has 0 aliphatic carbocycles. The van der Waals surface area contributed by atoms with Crippen LogP contribution in [0.3, 0.4) is 0 Å². The number of nitrogens with zero attached hydrogens (tertiary/aromatic N) is 1. The largest absolute Gasteiger partial charge is 0.494 e. The molecule has 5 heteroatoms. The molecule has 1 saturated heterocycles. The van der Waals surface area contributed by atoms with Gasteiger partial charge in [-0.25, -0.2) is 4.39 Å². The van der Waals surface area contributed by atoms with Gasteiger partial charge in [0.2, 0.25) is 0 Å². The second-order valence-electron chi connectivity index (χ2n) is 5.09. The number of nitrogens with one attached hydrogen (secondary N) is 1. The van der Waals surface area contributed by atoms with Crippen LogP contribution in [0.4, 0.5) is 4.39 Å². The van der Waals surface area contributed by atoms with Crippen molar-refractivity contribution in [1.29, 1.82) is 0 Å². The molecular weight excluding hydrogens is 279 g/mol. The minimum atomic E-state index is -0.277. The van der Waals surface area contributed by atoms with Gasteiger partial charge in [-0.3, -0.25) is 4.90 Å². The zero-order valence-corrected chi connectivity index (χ0v) is 13.0. The number of rotatable bonds is 6. The number of hydrogen-bond acceptors (Lipinski definition) is 3. The standard InChI is InChI=1S/C15H23FN2O.ClH/c1-3-8-18(13-6-7-17-10-13)11-12-4-5-15(19-2)14(16)9-12;/h4-5,9,13,17H,3,6-8,10-11H2,1-2H3;1H. The van der Waals surface area contributed by atoms with E-state index in [-0.39, 0.29) is 18.2 Å². The van der Waals surface area contributed by atoms with Crippen molar-refractivity contribution in [3.05, 3.63) is 29.6 Å². The van der Waals surface area contributed by atoms with E-state index in [0.29, 0.717) is 11.8 Å². The van der Waals surface area contributed by atoms with Crippen LogP contribution in [-0.4, -0.2) is 37.7 Å². The Kier molecular flexibility index (Phi) is 7.27. The van der Waals surface area contributed by atoms with Gasteiger partial charge in [0.05, 0.1) is 7.11 Å². The van der Waals surface area contributed by atoms with Crippen molar-refractivity contribution >= 4 is 12.4 Å². The molecule has 1 aromatic carbocycles. The Morgan fingerprint density at radius 1 is 1.45 bits per heavy atom. The van der Waals surface area contributed by atoms with Crippen molar-refractivity contribution in [1.82, 2.24) is 10.2 Å². The third-order valence-electron chi connectivity index (χ3n) is 3.66. The van der Waals surface area contributed by atoms with Crippen LogP contribution in [0.5, 0.6) is 5.75 Å². The Morgan fingerprint density at radius 3 is 2.80 bits per heavy atom. The fourth-order valence-corrected chi connectivity index (χ4v) is 2.67. The van der Waals surface area contributed by atoms with Crippen molar-refractivity contribution in [2.24, 2.45) is 0 Å². The molecule has 1 fully saturated rings. The molecule has 1 N–H and O–H groups in total. The van der Waals surface area contributed by atoms with Gasteiger partial charge in [0.1, 0.15) is 0 Å². The highest BCUT2D eigenvalue weighted by Crippen LogP contribution is 2.20. The van der Waals surface area contributed by atoms with E-state index in [1.807, 2.05) is 6.07 Å². The monoisotopic (exact) mass is 302 g/mol. The lowest BCUT2D eigenvalue weighted by Crippen LogP contribution is -2.36. The minimum Gasteiger partial charge on any atom is -0.494 e. The van der Waals surface area contributed by atoms with Gasteiger partial charge in [-0.15, -0.1) is 12.4 Å². The van der Waals surface area contributed by atoms with Gasteiger partial charge >= 0.3 is 0 Å². The molecule has 20 heavy (non-hydrogen) atoms. The second kappa shape index (κ2) is 8.45. The maximum Gasteiger partial charge on any atom is 0.165 e. The normalized spacial score (nSPS) is 18.1. The molecule has 0 spiro atoms. The fourth-order valence-electron chi connectivity index (χ4n) is 2.67. The summed E-state index contributed by atoms with van der Waals surface area (Å²) in [7, 11) is 1.49. The molecule has 0 saturated carbocycles. The SMILES string of the molecule is CCCN(Cc1ccc(OC)c(F)c1)C1CCNC1.Cl. The van der Waals surface area contributed by atoms with Gasteiger partial charge in [-0.2, -0.15) is 0 Å². The molecule has 2 rings (SSSR count). The number of methoxy groups -OCH3 is 1. The maximum atomic E-state index is 13.7. The molecule has 1 aliphatic heterocycles. The summed E-state index contributed by atoms with van der Waals surface area (Å²) in [5.41, 5.74) is 1.01. The van der Waals surface area contributed by atoms with E-state index in [1.165, 1.54) is 13.5 Å². The van der Waals surface area contributed by atoms with Gasteiger partial charge < -0.3 is 10.1 Å². The lowest BCUT2D eigenvalue weighted by molar-refractivity contribution is 0.199. The van der Waals surface area contributed by atoms with Gasteiger partial charge in [-0.05, 0) is 43.6 Å². The zero-order chi connectivity index (χ0) is 13.7. The number of hydrogen-bond donors (Lipinski definition) is 1. The van der Waals surface area contributed by atoms with Crippen LogP contribution in [0.2, 0.25) is 0 Å². The third kappa shape index (κ3) is 4.33. The fraction of sp³-hybridized carbons (Fsp3) is 0.600. The first kappa shape index (κ1) is 17.2. The second-order valence-corrected chi connectivity index (χ2v) is 5.09. The van der Waals surface area contributed by atoms with E-state index < -0.39 is 0 Å². The molecule has 1 aromatic rings. The summed E-state index contributed by atoms with van der Waals surface area (Å²) in [6.07, 6.45) is 2.30. The highest BCUT2D eigenvalue weighted by molar-refractivity contribution is 5.85. The van der Waals surface area contributed by atoms with Crippen LogP contribution in [0, 0.1) is 5.82 Å². The van der Waals surface area contributed by atoms with Crippen LogP contribution >= 0.6 is 12.4 Å². The predicted octanol–water partition coefficient (Wildman–Crippen LogP) is 2.83. The maximum absolute atomic E-state index is 13.7. The van der Waals surface area contributed by atoms with Crippen LogP contribution in [0.25, 0.3) is 0 Å². The molecule has 1 unspecified atom stereocenters. The molecule has 0 aromatic heterocycles. The average molecular weight is 303 g/mol. The van der Waals surface area contributed by atoms with E-state index in [2.05, 4.69) is 17.1 Å². The highest BCUT2D eigenvalue weighted by Gasteiger charge is 2.21. The number of halogens is 2. The van der Waals surface area contributed by atoms with Crippen molar-refractivity contribution in [2.75, 3.05) is 26.7 Å². The molecular formula is C15H24ClFN2O. The molecule has 114 valence electrons. The number of ether oxygens (including phenoxy) is 1. The average Bonchev–Trinajstić information content (AvgIpc) is 2.92. The first-order valence-corrected chi connectivity index (χ1v) is 7.01. The molecule has 1 aliphatic rings. The molecule has 0 bridgehead atoms.